The number of halogens is 5. The average Bonchev–Trinajstić information content (AvgIpc) is 2.76. The van der Waals surface area contributed by atoms with E-state index in [4.69, 9.17) is 5.73 Å². The van der Waals surface area contributed by atoms with Crippen molar-refractivity contribution in [2.24, 2.45) is 5.92 Å². The molecule has 1 fully saturated rings. The van der Waals surface area contributed by atoms with Gasteiger partial charge in [0.25, 0.3) is 6.43 Å². The van der Waals surface area contributed by atoms with Crippen molar-refractivity contribution in [1.82, 2.24) is 15.3 Å². The normalized spacial score (nSPS) is 18.5. The number of nitrogens with two attached hydrogens (primary N) is 1. The number of rotatable bonds is 10. The molecule has 1 saturated carbocycles. The first-order valence-corrected chi connectivity index (χ1v) is 10.9. The molecule has 1 aromatic heterocycles. The quantitative estimate of drug-likeness (QED) is 0.246. The first kappa shape index (κ1) is 26.3. The Hall–Kier alpha value is -3.29. The number of nitrogens with zero attached hydrogens (tertiary/aromatic N) is 3. The minimum Gasteiger partial charge on any atom is -0.405 e. The minimum atomic E-state index is -4.87. The SMILES string of the molecule is Nc1nc(NCc2ccccc2OC(F)(F)F)nc(C[C@H]2CC[C@H](NCC(F)F)CC2)c1[N+](=O)[O-]. The van der Waals surface area contributed by atoms with E-state index in [2.05, 4.69) is 25.3 Å². The lowest BCUT2D eigenvalue weighted by Crippen LogP contribution is -2.36. The number of para-hydroxylation sites is 1. The van der Waals surface area contributed by atoms with Crippen molar-refractivity contribution in [3.8, 4) is 5.75 Å². The maximum atomic E-state index is 12.7. The second kappa shape index (κ2) is 11.4. The summed E-state index contributed by atoms with van der Waals surface area (Å²) in [5.41, 5.74) is 5.66. The highest BCUT2D eigenvalue weighted by Gasteiger charge is 2.32. The number of hydrogen-bond acceptors (Lipinski definition) is 8. The summed E-state index contributed by atoms with van der Waals surface area (Å²) in [4.78, 5) is 19.0. The van der Waals surface area contributed by atoms with Gasteiger partial charge >= 0.3 is 12.0 Å². The lowest BCUT2D eigenvalue weighted by Gasteiger charge is -2.29. The Morgan fingerprint density at radius 3 is 2.49 bits per heavy atom. The molecule has 1 aliphatic carbocycles. The average molecular weight is 504 g/mol. The smallest absolute Gasteiger partial charge is 0.405 e. The number of benzene rings is 1. The number of hydrogen-bond donors (Lipinski definition) is 3. The second-order valence-corrected chi connectivity index (χ2v) is 8.22. The van der Waals surface area contributed by atoms with Crippen LogP contribution in [0.1, 0.15) is 36.9 Å². The van der Waals surface area contributed by atoms with Gasteiger partial charge in [0.05, 0.1) is 11.5 Å². The fraction of sp³-hybridized carbons (Fsp3) is 0.524. The van der Waals surface area contributed by atoms with E-state index in [9.17, 15) is 32.1 Å². The summed E-state index contributed by atoms with van der Waals surface area (Å²) in [5, 5.41) is 17.1. The molecule has 0 amide bonds. The van der Waals surface area contributed by atoms with E-state index >= 15 is 0 Å². The molecule has 1 heterocycles. The van der Waals surface area contributed by atoms with Gasteiger partial charge in [-0.05, 0) is 44.1 Å². The molecule has 4 N–H and O–H groups in total. The molecule has 0 aliphatic heterocycles. The number of nitro groups is 1. The molecule has 0 spiro atoms. The zero-order chi connectivity index (χ0) is 25.6. The van der Waals surface area contributed by atoms with Gasteiger partial charge in [0, 0.05) is 18.2 Å². The van der Waals surface area contributed by atoms with Gasteiger partial charge in [-0.1, -0.05) is 18.2 Å². The Morgan fingerprint density at radius 1 is 1.17 bits per heavy atom. The van der Waals surface area contributed by atoms with E-state index in [1.807, 2.05) is 0 Å². The van der Waals surface area contributed by atoms with Gasteiger partial charge in [-0.15, -0.1) is 13.2 Å². The highest BCUT2D eigenvalue weighted by Crippen LogP contribution is 2.33. The molecular weight excluding hydrogens is 479 g/mol. The van der Waals surface area contributed by atoms with Crippen LogP contribution in [0.4, 0.5) is 39.4 Å². The number of nitrogens with one attached hydrogen (secondary N) is 2. The Labute approximate surface area is 197 Å². The predicted octanol–water partition coefficient (Wildman–Crippen LogP) is 4.43. The minimum absolute atomic E-state index is 0.0290. The van der Waals surface area contributed by atoms with Crippen LogP contribution in [-0.4, -0.2) is 40.3 Å². The third kappa shape index (κ3) is 7.87. The number of nitrogen functional groups attached to an aromatic ring is 1. The zero-order valence-electron chi connectivity index (χ0n) is 18.5. The molecule has 35 heavy (non-hydrogen) atoms. The van der Waals surface area contributed by atoms with Gasteiger partial charge in [0.1, 0.15) is 11.4 Å². The van der Waals surface area contributed by atoms with E-state index in [1.54, 1.807) is 0 Å². The van der Waals surface area contributed by atoms with Crippen molar-refractivity contribution in [1.29, 1.82) is 0 Å². The molecule has 0 atom stereocenters. The summed E-state index contributed by atoms with van der Waals surface area (Å²) >= 11 is 0. The van der Waals surface area contributed by atoms with Crippen LogP contribution in [0.25, 0.3) is 0 Å². The Morgan fingerprint density at radius 2 is 1.86 bits per heavy atom. The largest absolute Gasteiger partial charge is 0.573 e. The zero-order valence-corrected chi connectivity index (χ0v) is 18.5. The summed E-state index contributed by atoms with van der Waals surface area (Å²) in [6.45, 7) is -0.528. The molecule has 9 nitrogen and oxygen atoms in total. The van der Waals surface area contributed by atoms with Crippen molar-refractivity contribution >= 4 is 17.5 Å². The van der Waals surface area contributed by atoms with Gasteiger partial charge in [-0.25, -0.2) is 13.8 Å². The molecular formula is C21H25F5N6O3. The standard InChI is InChI=1S/C21H25F5N6O3/c22-17(23)11-28-14-7-5-12(6-8-14)9-15-18(32(33)34)19(27)31-20(30-15)29-10-13-3-1-2-4-16(13)35-21(24,25)26/h1-4,12,14,17,28H,5-11H2,(H3,27,29,30,31)/t12-,14-. The number of anilines is 2. The molecule has 14 heteroatoms. The predicted molar refractivity (Wildman–Crippen MR) is 117 cm³/mol. The van der Waals surface area contributed by atoms with E-state index in [0.29, 0.717) is 25.7 Å². The van der Waals surface area contributed by atoms with Crippen LogP contribution in [0.3, 0.4) is 0 Å². The third-order valence-electron chi connectivity index (χ3n) is 5.69. The van der Waals surface area contributed by atoms with Crippen molar-refractivity contribution in [3.63, 3.8) is 0 Å². The van der Waals surface area contributed by atoms with Crippen molar-refractivity contribution in [3.05, 3.63) is 45.6 Å². The fourth-order valence-corrected chi connectivity index (χ4v) is 4.09. The Kier molecular flexibility index (Phi) is 8.59. The highest BCUT2D eigenvalue weighted by atomic mass is 19.4. The third-order valence-corrected chi connectivity index (χ3v) is 5.69. The maximum Gasteiger partial charge on any atom is 0.573 e. The second-order valence-electron chi connectivity index (χ2n) is 8.22. The van der Waals surface area contributed by atoms with Gasteiger partial charge in [-0.2, -0.15) is 4.98 Å². The number of ether oxygens (including phenoxy) is 1. The van der Waals surface area contributed by atoms with Crippen LogP contribution in [0, 0.1) is 16.0 Å². The van der Waals surface area contributed by atoms with Crippen LogP contribution in [0.5, 0.6) is 5.75 Å². The first-order chi connectivity index (χ1) is 16.5. The Balaban J connectivity index is 1.71. The van der Waals surface area contributed by atoms with Crippen molar-refractivity contribution in [2.75, 3.05) is 17.6 Å². The topological polar surface area (TPSA) is 128 Å². The summed E-state index contributed by atoms with van der Waals surface area (Å²) in [6, 6.07) is 5.46. The van der Waals surface area contributed by atoms with Crippen LogP contribution in [0.15, 0.2) is 24.3 Å². The molecule has 0 bridgehead atoms. The van der Waals surface area contributed by atoms with Gasteiger partial charge in [-0.3, -0.25) is 10.1 Å². The van der Waals surface area contributed by atoms with Gasteiger partial charge in [0.15, 0.2) is 0 Å². The summed E-state index contributed by atoms with van der Waals surface area (Å²) < 4.78 is 66.8. The van der Waals surface area contributed by atoms with Crippen LogP contribution in [0.2, 0.25) is 0 Å². The monoisotopic (exact) mass is 504 g/mol. The van der Waals surface area contributed by atoms with Crippen LogP contribution < -0.4 is 21.1 Å². The molecule has 1 aliphatic rings. The van der Waals surface area contributed by atoms with Crippen LogP contribution in [-0.2, 0) is 13.0 Å². The lowest BCUT2D eigenvalue weighted by molar-refractivity contribution is -0.385. The maximum absolute atomic E-state index is 12.7. The molecule has 0 radical (unpaired) electrons. The lowest BCUT2D eigenvalue weighted by atomic mass is 9.83. The first-order valence-electron chi connectivity index (χ1n) is 10.9. The van der Waals surface area contributed by atoms with E-state index in [0.717, 1.165) is 6.07 Å². The molecule has 2 aromatic rings. The molecule has 0 saturated heterocycles. The fourth-order valence-electron chi connectivity index (χ4n) is 4.09. The van der Waals surface area contributed by atoms with E-state index in [1.165, 1.54) is 18.2 Å². The van der Waals surface area contributed by atoms with E-state index < -0.39 is 29.1 Å². The molecule has 192 valence electrons. The summed E-state index contributed by atoms with van der Waals surface area (Å²) in [7, 11) is 0. The van der Waals surface area contributed by atoms with Gasteiger partial charge in [0.2, 0.25) is 11.8 Å². The molecule has 1 aromatic carbocycles. The highest BCUT2D eigenvalue weighted by molar-refractivity contribution is 5.58. The summed E-state index contributed by atoms with van der Waals surface area (Å²) in [6.07, 6.45) is -4.46. The summed E-state index contributed by atoms with van der Waals surface area (Å²) in [5.74, 6) is -0.812. The molecule has 3 rings (SSSR count). The Bertz CT molecular complexity index is 1020. The molecule has 0 unspecified atom stereocenters. The van der Waals surface area contributed by atoms with E-state index in [-0.39, 0.29) is 54.5 Å². The number of alkyl halides is 5. The van der Waals surface area contributed by atoms with Crippen molar-refractivity contribution in [2.45, 2.75) is 57.5 Å². The van der Waals surface area contributed by atoms with Gasteiger partial charge < -0.3 is 21.1 Å². The van der Waals surface area contributed by atoms with Crippen molar-refractivity contribution < 1.29 is 31.6 Å². The van der Waals surface area contributed by atoms with Crippen LogP contribution >= 0.6 is 0 Å². The number of aromatic nitrogens is 2.